The molecule has 0 fully saturated rings. The van der Waals surface area contributed by atoms with Gasteiger partial charge in [0.15, 0.2) is 23.0 Å². The van der Waals surface area contributed by atoms with Crippen LogP contribution in [-0.2, 0) is 11.2 Å². The van der Waals surface area contributed by atoms with Crippen LogP contribution in [0.3, 0.4) is 0 Å². The molecule has 1 N–H and O–H groups in total. The highest BCUT2D eigenvalue weighted by molar-refractivity contribution is 7.80. The minimum absolute atomic E-state index is 0.156. The highest BCUT2D eigenvalue weighted by Gasteiger charge is 2.23. The molecular weight excluding hydrogens is 402 g/mol. The first kappa shape index (κ1) is 19.7. The molecule has 2 heterocycles. The van der Waals surface area contributed by atoms with Crippen molar-refractivity contribution in [2.75, 3.05) is 6.54 Å². The fourth-order valence-corrected chi connectivity index (χ4v) is 3.12. The Morgan fingerprint density at radius 1 is 1.00 bits per heavy atom. The van der Waals surface area contributed by atoms with E-state index in [1.54, 1.807) is 30.3 Å². The number of amides is 1. The molecule has 152 valence electrons. The summed E-state index contributed by atoms with van der Waals surface area (Å²) in [6, 6.07) is 18.6. The summed E-state index contributed by atoms with van der Waals surface area (Å²) < 4.78 is 23.1. The normalized spacial score (nSPS) is 12.4. The van der Waals surface area contributed by atoms with E-state index in [0.717, 1.165) is 5.56 Å². The van der Waals surface area contributed by atoms with Gasteiger partial charge in [0.2, 0.25) is 11.0 Å². The van der Waals surface area contributed by atoms with Gasteiger partial charge < -0.3 is 23.9 Å². The average molecular weight is 421 g/mol. The SMILES string of the molecule is CC(=O)NCC1=C(Cc2ccccc2)Oc2ccc(OC(=S)c3ccco3)cc2O1. The fraction of sp³-hybridized carbons (Fsp3) is 0.130. The molecule has 7 heteroatoms. The van der Waals surface area contributed by atoms with Crippen LogP contribution in [-0.4, -0.2) is 17.5 Å². The maximum atomic E-state index is 11.4. The smallest absolute Gasteiger partial charge is 0.233 e. The van der Waals surface area contributed by atoms with Crippen molar-refractivity contribution < 1.29 is 23.4 Å². The van der Waals surface area contributed by atoms with Gasteiger partial charge >= 0.3 is 0 Å². The van der Waals surface area contributed by atoms with Crippen molar-refractivity contribution in [3.05, 3.63) is 89.8 Å². The highest BCUT2D eigenvalue weighted by Crippen LogP contribution is 2.38. The van der Waals surface area contributed by atoms with Gasteiger partial charge in [-0.05, 0) is 42.0 Å². The Labute approximate surface area is 179 Å². The molecule has 0 saturated carbocycles. The molecule has 0 spiro atoms. The number of thiocarbonyl (C=S) groups is 1. The van der Waals surface area contributed by atoms with Gasteiger partial charge in [-0.3, -0.25) is 4.79 Å². The lowest BCUT2D eigenvalue weighted by atomic mass is 10.1. The van der Waals surface area contributed by atoms with Gasteiger partial charge in [0.05, 0.1) is 12.8 Å². The van der Waals surface area contributed by atoms with Crippen molar-refractivity contribution in [1.82, 2.24) is 5.32 Å². The van der Waals surface area contributed by atoms with Gasteiger partial charge in [-0.2, -0.15) is 0 Å². The number of hydrogen-bond donors (Lipinski definition) is 1. The van der Waals surface area contributed by atoms with E-state index in [2.05, 4.69) is 5.32 Å². The first-order chi connectivity index (χ1) is 14.6. The molecule has 0 bridgehead atoms. The second-order valence-electron chi connectivity index (χ2n) is 6.60. The Balaban J connectivity index is 1.56. The van der Waals surface area contributed by atoms with Crippen molar-refractivity contribution >= 4 is 23.2 Å². The third-order valence-corrected chi connectivity index (χ3v) is 4.62. The lowest BCUT2D eigenvalue weighted by molar-refractivity contribution is -0.118. The Kier molecular flexibility index (Phi) is 5.81. The lowest BCUT2D eigenvalue weighted by Gasteiger charge is -2.24. The number of rotatable bonds is 6. The molecule has 4 rings (SSSR count). The summed E-state index contributed by atoms with van der Waals surface area (Å²) in [5, 5.41) is 2.98. The Morgan fingerprint density at radius 2 is 1.80 bits per heavy atom. The summed E-state index contributed by atoms with van der Waals surface area (Å²) in [4.78, 5) is 11.4. The molecule has 30 heavy (non-hydrogen) atoms. The number of benzene rings is 2. The van der Waals surface area contributed by atoms with Crippen LogP contribution in [0.5, 0.6) is 17.2 Å². The number of hydrogen-bond acceptors (Lipinski definition) is 6. The summed E-state index contributed by atoms with van der Waals surface area (Å²) in [7, 11) is 0. The van der Waals surface area contributed by atoms with Crippen LogP contribution in [0.4, 0.5) is 0 Å². The summed E-state index contributed by atoms with van der Waals surface area (Å²) in [5.41, 5.74) is 1.07. The summed E-state index contributed by atoms with van der Waals surface area (Å²) in [6.07, 6.45) is 2.07. The molecule has 0 aliphatic carbocycles. The maximum Gasteiger partial charge on any atom is 0.233 e. The van der Waals surface area contributed by atoms with E-state index in [1.807, 2.05) is 30.3 Å². The standard InChI is InChI=1S/C23H19NO5S/c1-15(25)24-14-22-20(12-16-6-3-2-4-7-16)28-18-10-9-17(13-21(18)29-22)27-23(30)19-8-5-11-26-19/h2-11,13H,12,14H2,1H3,(H,24,25). The average Bonchev–Trinajstić information content (AvgIpc) is 3.28. The molecule has 1 aliphatic heterocycles. The number of carbonyl (C=O) groups excluding carboxylic acids is 1. The zero-order chi connectivity index (χ0) is 20.9. The molecule has 1 amide bonds. The Morgan fingerprint density at radius 3 is 2.53 bits per heavy atom. The second-order valence-corrected chi connectivity index (χ2v) is 6.97. The molecule has 1 aromatic heterocycles. The van der Waals surface area contributed by atoms with Gasteiger partial charge in [-0.25, -0.2) is 0 Å². The van der Waals surface area contributed by atoms with Gasteiger partial charge in [-0.1, -0.05) is 30.3 Å². The van der Waals surface area contributed by atoms with Gasteiger partial charge in [0.1, 0.15) is 11.5 Å². The third kappa shape index (κ3) is 4.69. The topological polar surface area (TPSA) is 69.9 Å². The molecular formula is C23H19NO5S. The molecule has 1 aliphatic rings. The van der Waals surface area contributed by atoms with Crippen LogP contribution in [0.25, 0.3) is 0 Å². The van der Waals surface area contributed by atoms with Gasteiger partial charge in [0.25, 0.3) is 0 Å². The van der Waals surface area contributed by atoms with E-state index in [-0.39, 0.29) is 17.5 Å². The lowest BCUT2D eigenvalue weighted by Crippen LogP contribution is -2.28. The molecule has 0 radical (unpaired) electrons. The molecule has 0 atom stereocenters. The van der Waals surface area contributed by atoms with Crippen molar-refractivity contribution in [3.8, 4) is 17.2 Å². The largest absolute Gasteiger partial charge is 0.460 e. The van der Waals surface area contributed by atoms with Crippen LogP contribution in [0.2, 0.25) is 0 Å². The summed E-state index contributed by atoms with van der Waals surface area (Å²) in [5.74, 6) is 3.02. The van der Waals surface area contributed by atoms with Crippen LogP contribution < -0.4 is 19.5 Å². The van der Waals surface area contributed by atoms with Crippen molar-refractivity contribution in [2.45, 2.75) is 13.3 Å². The molecule has 6 nitrogen and oxygen atoms in total. The molecule has 3 aromatic rings. The highest BCUT2D eigenvalue weighted by atomic mass is 32.1. The van der Waals surface area contributed by atoms with E-state index >= 15 is 0 Å². The van der Waals surface area contributed by atoms with Gasteiger partial charge in [-0.15, -0.1) is 0 Å². The zero-order valence-electron chi connectivity index (χ0n) is 16.2. The minimum Gasteiger partial charge on any atom is -0.460 e. The van der Waals surface area contributed by atoms with Crippen LogP contribution >= 0.6 is 12.2 Å². The first-order valence-electron chi connectivity index (χ1n) is 9.34. The van der Waals surface area contributed by atoms with Crippen LogP contribution in [0.1, 0.15) is 18.2 Å². The zero-order valence-corrected chi connectivity index (χ0v) is 17.0. The number of fused-ring (bicyclic) bond motifs is 1. The Bertz CT molecular complexity index is 1090. The van der Waals surface area contributed by atoms with Crippen molar-refractivity contribution in [3.63, 3.8) is 0 Å². The van der Waals surface area contributed by atoms with E-state index < -0.39 is 0 Å². The number of ether oxygens (including phenoxy) is 3. The third-order valence-electron chi connectivity index (χ3n) is 4.33. The summed E-state index contributed by atoms with van der Waals surface area (Å²) >= 11 is 5.25. The maximum absolute atomic E-state index is 11.4. The predicted octanol–water partition coefficient (Wildman–Crippen LogP) is 4.40. The predicted molar refractivity (Wildman–Crippen MR) is 115 cm³/mol. The van der Waals surface area contributed by atoms with Crippen LogP contribution in [0.15, 0.2) is 82.9 Å². The quantitative estimate of drug-likeness (QED) is 0.595. The Hall–Kier alpha value is -3.58. The van der Waals surface area contributed by atoms with E-state index in [0.29, 0.717) is 40.9 Å². The van der Waals surface area contributed by atoms with E-state index in [1.165, 1.54) is 13.2 Å². The monoisotopic (exact) mass is 421 g/mol. The van der Waals surface area contributed by atoms with Crippen molar-refractivity contribution in [1.29, 1.82) is 0 Å². The molecule has 2 aromatic carbocycles. The number of allylic oxidation sites excluding steroid dienone is 1. The number of nitrogens with one attached hydrogen (secondary N) is 1. The van der Waals surface area contributed by atoms with Crippen molar-refractivity contribution in [2.24, 2.45) is 0 Å². The molecule has 0 saturated heterocycles. The van der Waals surface area contributed by atoms with E-state index in [9.17, 15) is 4.79 Å². The van der Waals surface area contributed by atoms with Gasteiger partial charge in [0, 0.05) is 19.4 Å². The minimum atomic E-state index is -0.156. The fourth-order valence-electron chi connectivity index (χ4n) is 2.90. The molecule has 0 unspecified atom stereocenters. The van der Waals surface area contributed by atoms with Crippen LogP contribution in [0, 0.1) is 0 Å². The number of carbonyl (C=O) groups is 1. The summed E-state index contributed by atoms with van der Waals surface area (Å²) in [6.45, 7) is 1.67. The second kappa shape index (κ2) is 8.84. The first-order valence-corrected chi connectivity index (χ1v) is 9.75. The number of furan rings is 1. The van der Waals surface area contributed by atoms with E-state index in [4.69, 9.17) is 30.8 Å².